The van der Waals surface area contributed by atoms with Crippen molar-refractivity contribution in [1.29, 1.82) is 0 Å². The molecule has 2 aromatic carbocycles. The van der Waals surface area contributed by atoms with E-state index in [0.29, 0.717) is 21.5 Å². The SMILES string of the molecule is COc1ccc(NC(=S)NC(=O)C=Cc2ccccc2Cl)cc1Cl. The Balaban J connectivity index is 1.93. The molecule has 7 heteroatoms. The maximum atomic E-state index is 11.9. The largest absolute Gasteiger partial charge is 0.495 e. The van der Waals surface area contributed by atoms with Crippen molar-refractivity contribution in [3.63, 3.8) is 0 Å². The lowest BCUT2D eigenvalue weighted by Crippen LogP contribution is -2.32. The molecular weight excluding hydrogens is 367 g/mol. The number of hydrogen-bond donors (Lipinski definition) is 2. The average Bonchev–Trinajstić information content (AvgIpc) is 2.54. The lowest BCUT2D eigenvalue weighted by molar-refractivity contribution is -0.115. The van der Waals surface area contributed by atoms with Gasteiger partial charge in [0.1, 0.15) is 5.75 Å². The Morgan fingerprint density at radius 1 is 1.17 bits per heavy atom. The predicted molar refractivity (Wildman–Crippen MR) is 103 cm³/mol. The molecule has 0 bridgehead atoms. The topological polar surface area (TPSA) is 50.4 Å². The van der Waals surface area contributed by atoms with Crippen molar-refractivity contribution >= 4 is 58.2 Å². The molecule has 1 amide bonds. The third-order valence-electron chi connectivity index (χ3n) is 2.97. The molecule has 24 heavy (non-hydrogen) atoms. The van der Waals surface area contributed by atoms with Crippen LogP contribution in [-0.4, -0.2) is 18.1 Å². The van der Waals surface area contributed by atoms with Gasteiger partial charge in [0.05, 0.1) is 12.1 Å². The van der Waals surface area contributed by atoms with Gasteiger partial charge in [0.2, 0.25) is 5.91 Å². The number of carbonyl (C=O) groups excluding carboxylic acids is 1. The van der Waals surface area contributed by atoms with Gasteiger partial charge in [0.15, 0.2) is 5.11 Å². The molecule has 124 valence electrons. The number of nitrogens with one attached hydrogen (secondary N) is 2. The predicted octanol–water partition coefficient (Wildman–Crippen LogP) is 4.53. The van der Waals surface area contributed by atoms with E-state index in [2.05, 4.69) is 10.6 Å². The smallest absolute Gasteiger partial charge is 0.250 e. The average molecular weight is 381 g/mol. The summed E-state index contributed by atoms with van der Waals surface area (Å²) in [5.74, 6) is 0.187. The monoisotopic (exact) mass is 380 g/mol. The zero-order valence-corrected chi connectivity index (χ0v) is 15.0. The van der Waals surface area contributed by atoms with Crippen LogP contribution in [0, 0.1) is 0 Å². The Bertz CT molecular complexity index is 794. The van der Waals surface area contributed by atoms with Crippen molar-refractivity contribution in [2.75, 3.05) is 12.4 Å². The standard InChI is InChI=1S/C17H14Cl2N2O2S/c1-23-15-8-7-12(10-14(15)19)20-17(24)21-16(22)9-6-11-4-2-3-5-13(11)18/h2-10H,1H3,(H2,20,21,22,24). The van der Waals surface area contributed by atoms with E-state index in [0.717, 1.165) is 5.56 Å². The summed E-state index contributed by atoms with van der Waals surface area (Å²) in [5.41, 5.74) is 1.39. The Kier molecular flexibility index (Phi) is 6.61. The Labute approximate surface area is 155 Å². The normalized spacial score (nSPS) is 10.5. The second-order valence-corrected chi connectivity index (χ2v) is 5.87. The van der Waals surface area contributed by atoms with Gasteiger partial charge in [0.25, 0.3) is 0 Å². The summed E-state index contributed by atoms with van der Waals surface area (Å²) >= 11 is 17.1. The summed E-state index contributed by atoms with van der Waals surface area (Å²) in [6.45, 7) is 0. The minimum Gasteiger partial charge on any atom is -0.495 e. The summed E-state index contributed by atoms with van der Waals surface area (Å²) < 4.78 is 5.07. The second-order valence-electron chi connectivity index (χ2n) is 4.65. The van der Waals surface area contributed by atoms with Crippen LogP contribution < -0.4 is 15.4 Å². The van der Waals surface area contributed by atoms with Crippen molar-refractivity contribution < 1.29 is 9.53 Å². The first-order chi connectivity index (χ1) is 11.5. The van der Waals surface area contributed by atoms with Crippen LogP contribution >= 0.6 is 35.4 Å². The van der Waals surface area contributed by atoms with Gasteiger partial charge in [-0.25, -0.2) is 0 Å². The zero-order chi connectivity index (χ0) is 17.5. The van der Waals surface area contributed by atoms with Crippen LogP contribution in [0.4, 0.5) is 5.69 Å². The first-order valence-corrected chi connectivity index (χ1v) is 8.04. The van der Waals surface area contributed by atoms with Crippen LogP contribution in [0.5, 0.6) is 5.75 Å². The van der Waals surface area contributed by atoms with Crippen LogP contribution in [0.25, 0.3) is 6.08 Å². The second kappa shape index (κ2) is 8.68. The van der Waals surface area contributed by atoms with Crippen LogP contribution in [0.2, 0.25) is 10.0 Å². The van der Waals surface area contributed by atoms with Crippen molar-refractivity contribution in [2.45, 2.75) is 0 Å². The molecule has 0 aromatic heterocycles. The van der Waals surface area contributed by atoms with E-state index in [4.69, 9.17) is 40.2 Å². The third-order valence-corrected chi connectivity index (χ3v) is 3.81. The number of methoxy groups -OCH3 is 1. The van der Waals surface area contributed by atoms with E-state index in [1.165, 1.54) is 13.2 Å². The lowest BCUT2D eigenvalue weighted by Gasteiger charge is -2.10. The molecule has 0 radical (unpaired) electrons. The van der Waals surface area contributed by atoms with Crippen molar-refractivity contribution in [2.24, 2.45) is 0 Å². The summed E-state index contributed by atoms with van der Waals surface area (Å²) in [7, 11) is 1.53. The summed E-state index contributed by atoms with van der Waals surface area (Å²) in [6.07, 6.45) is 2.97. The van der Waals surface area contributed by atoms with Gasteiger partial charge in [-0.2, -0.15) is 0 Å². The molecule has 0 aliphatic heterocycles. The molecule has 0 unspecified atom stereocenters. The highest BCUT2D eigenvalue weighted by atomic mass is 35.5. The Morgan fingerprint density at radius 3 is 2.58 bits per heavy atom. The minimum atomic E-state index is -0.368. The molecule has 0 fully saturated rings. The van der Waals surface area contributed by atoms with Crippen LogP contribution in [0.15, 0.2) is 48.5 Å². The quantitative estimate of drug-likeness (QED) is 0.604. The molecule has 2 rings (SSSR count). The van der Waals surface area contributed by atoms with Crippen LogP contribution in [0.1, 0.15) is 5.56 Å². The minimum absolute atomic E-state index is 0.157. The molecule has 0 aliphatic rings. The fraction of sp³-hybridized carbons (Fsp3) is 0.0588. The van der Waals surface area contributed by atoms with E-state index >= 15 is 0 Å². The van der Waals surface area contributed by atoms with Gasteiger partial charge in [-0.3, -0.25) is 10.1 Å². The molecule has 0 saturated carbocycles. The number of ether oxygens (including phenoxy) is 1. The highest BCUT2D eigenvalue weighted by Crippen LogP contribution is 2.27. The van der Waals surface area contributed by atoms with E-state index < -0.39 is 0 Å². The number of benzene rings is 2. The Morgan fingerprint density at radius 2 is 1.92 bits per heavy atom. The van der Waals surface area contributed by atoms with Gasteiger partial charge in [-0.1, -0.05) is 41.4 Å². The molecule has 0 spiro atoms. The summed E-state index contributed by atoms with van der Waals surface area (Å²) in [5, 5.41) is 6.58. The highest BCUT2D eigenvalue weighted by Gasteiger charge is 2.05. The highest BCUT2D eigenvalue weighted by molar-refractivity contribution is 7.80. The van der Waals surface area contributed by atoms with Gasteiger partial charge >= 0.3 is 0 Å². The van der Waals surface area contributed by atoms with Gasteiger partial charge < -0.3 is 10.1 Å². The van der Waals surface area contributed by atoms with E-state index in [1.54, 1.807) is 30.3 Å². The molecular formula is C17H14Cl2N2O2S. The van der Waals surface area contributed by atoms with Crippen LogP contribution in [0.3, 0.4) is 0 Å². The first-order valence-electron chi connectivity index (χ1n) is 6.87. The fourth-order valence-electron chi connectivity index (χ4n) is 1.84. The fourth-order valence-corrected chi connectivity index (χ4v) is 2.51. The number of hydrogen-bond acceptors (Lipinski definition) is 3. The Hall–Kier alpha value is -2.08. The number of rotatable bonds is 4. The van der Waals surface area contributed by atoms with E-state index in [9.17, 15) is 4.79 Å². The number of amides is 1. The number of anilines is 1. The molecule has 0 saturated heterocycles. The maximum absolute atomic E-state index is 11.9. The number of carbonyl (C=O) groups is 1. The van der Waals surface area contributed by atoms with E-state index in [-0.39, 0.29) is 11.0 Å². The van der Waals surface area contributed by atoms with Crippen LogP contribution in [-0.2, 0) is 4.79 Å². The lowest BCUT2D eigenvalue weighted by atomic mass is 10.2. The van der Waals surface area contributed by atoms with Crippen molar-refractivity contribution in [3.8, 4) is 5.75 Å². The van der Waals surface area contributed by atoms with Crippen molar-refractivity contribution in [3.05, 3.63) is 64.1 Å². The van der Waals surface area contributed by atoms with Gasteiger partial charge in [0, 0.05) is 16.8 Å². The van der Waals surface area contributed by atoms with Gasteiger partial charge in [-0.15, -0.1) is 0 Å². The molecule has 0 aliphatic carbocycles. The zero-order valence-electron chi connectivity index (χ0n) is 12.7. The first kappa shape index (κ1) is 18.3. The molecule has 0 heterocycles. The van der Waals surface area contributed by atoms with Crippen molar-refractivity contribution in [1.82, 2.24) is 5.32 Å². The number of thiocarbonyl (C=S) groups is 1. The van der Waals surface area contributed by atoms with Gasteiger partial charge in [-0.05, 0) is 48.1 Å². The number of halogens is 2. The summed E-state index contributed by atoms with van der Waals surface area (Å²) in [6, 6.07) is 12.3. The molecule has 4 nitrogen and oxygen atoms in total. The molecule has 2 N–H and O–H groups in total. The molecule has 2 aromatic rings. The third kappa shape index (κ3) is 5.23. The molecule has 0 atom stereocenters. The maximum Gasteiger partial charge on any atom is 0.250 e. The summed E-state index contributed by atoms with van der Waals surface area (Å²) in [4.78, 5) is 11.9. The van der Waals surface area contributed by atoms with E-state index in [1.807, 2.05) is 18.2 Å².